The zero-order valence-electron chi connectivity index (χ0n) is 11.2. The number of hydrogen-bond acceptors (Lipinski definition) is 0. The van der Waals surface area contributed by atoms with Crippen molar-refractivity contribution in [2.75, 3.05) is 0 Å². The average molecular weight is 231 g/mol. The fourth-order valence-corrected chi connectivity index (χ4v) is 6.16. The van der Waals surface area contributed by atoms with E-state index in [1.807, 2.05) is 0 Å². The first-order valence-corrected chi connectivity index (χ1v) is 13.4. The van der Waals surface area contributed by atoms with Gasteiger partial charge in [0, 0.05) is 16.1 Å². The first-order chi connectivity index (χ1) is 6.27. The highest BCUT2D eigenvalue weighted by atomic mass is 28.3. The van der Waals surface area contributed by atoms with Gasteiger partial charge in [0.1, 0.15) is 0 Å². The van der Waals surface area contributed by atoms with E-state index in [1.165, 1.54) is 25.3 Å². The van der Waals surface area contributed by atoms with Gasteiger partial charge in [0.15, 0.2) is 0 Å². The average Bonchev–Trinajstić information content (AvgIpc) is 1.98. The second-order valence-electron chi connectivity index (χ2n) is 6.68. The van der Waals surface area contributed by atoms with Gasteiger partial charge in [0.2, 0.25) is 0 Å². The van der Waals surface area contributed by atoms with Gasteiger partial charge in [-0.15, -0.1) is 0 Å². The van der Waals surface area contributed by atoms with Crippen LogP contribution in [0.3, 0.4) is 0 Å². The first kappa shape index (κ1) is 14.4. The van der Waals surface area contributed by atoms with E-state index in [4.69, 9.17) is 0 Å². The minimum atomic E-state index is -0.802. The van der Waals surface area contributed by atoms with Crippen molar-refractivity contribution in [1.29, 1.82) is 0 Å². The highest BCUT2D eigenvalue weighted by Crippen LogP contribution is 2.23. The molecule has 0 aliphatic rings. The van der Waals surface area contributed by atoms with Crippen LogP contribution in [0.4, 0.5) is 0 Å². The van der Waals surface area contributed by atoms with Crippen molar-refractivity contribution >= 4 is 16.1 Å². The third-order valence-corrected chi connectivity index (χ3v) is 8.26. The Labute approximate surface area is 93.5 Å². The van der Waals surface area contributed by atoms with Crippen LogP contribution in [-0.4, -0.2) is 16.1 Å². The maximum absolute atomic E-state index is 2.58. The van der Waals surface area contributed by atoms with Gasteiger partial charge < -0.3 is 0 Å². The number of rotatable bonds is 7. The molecule has 0 aromatic rings. The number of unbranched alkanes of at least 4 members (excludes halogenated alkanes) is 1. The summed E-state index contributed by atoms with van der Waals surface area (Å²) >= 11 is 0. The van der Waals surface area contributed by atoms with Crippen molar-refractivity contribution in [2.45, 2.75) is 77.1 Å². The fraction of sp³-hybridized carbons (Fsp3) is 1.00. The zero-order valence-corrected chi connectivity index (χ0v) is 13.2. The predicted octanol–water partition coefficient (Wildman–Crippen LogP) is 5.22. The molecule has 0 aromatic heterocycles. The molecular formula is C12H30Si2. The molecule has 0 nitrogen and oxygen atoms in total. The van der Waals surface area contributed by atoms with Crippen molar-refractivity contribution in [3.8, 4) is 0 Å². The number of hydrogen-bond donors (Lipinski definition) is 0. The molecule has 86 valence electrons. The maximum atomic E-state index is 2.58. The normalized spacial score (nSPS) is 13.3. The summed E-state index contributed by atoms with van der Waals surface area (Å²) in [7, 11) is -1.57. The van der Waals surface area contributed by atoms with E-state index in [9.17, 15) is 0 Å². The molecule has 0 spiro atoms. The summed E-state index contributed by atoms with van der Waals surface area (Å²) in [6, 6.07) is 4.65. The molecule has 0 aromatic carbocycles. The molecule has 0 aliphatic heterocycles. The summed E-state index contributed by atoms with van der Waals surface area (Å²) in [4.78, 5) is 0. The van der Waals surface area contributed by atoms with Crippen molar-refractivity contribution in [1.82, 2.24) is 0 Å². The molecular weight excluding hydrogens is 200 g/mol. The zero-order chi connectivity index (χ0) is 11.2. The van der Waals surface area contributed by atoms with Crippen LogP contribution >= 0.6 is 0 Å². The smallest absolute Gasteiger partial charge is 0.0473 e. The van der Waals surface area contributed by atoms with E-state index in [2.05, 4.69) is 39.7 Å². The van der Waals surface area contributed by atoms with E-state index in [-0.39, 0.29) is 0 Å². The maximum Gasteiger partial charge on any atom is 0.0473 e. The molecule has 0 atom stereocenters. The molecule has 0 bridgehead atoms. The van der Waals surface area contributed by atoms with Crippen LogP contribution in [0.15, 0.2) is 0 Å². The van der Waals surface area contributed by atoms with Crippen LogP contribution in [0.25, 0.3) is 0 Å². The minimum Gasteiger partial charge on any atom is -0.0695 e. The fourth-order valence-electron chi connectivity index (χ4n) is 1.88. The van der Waals surface area contributed by atoms with Gasteiger partial charge >= 0.3 is 0 Å². The molecule has 0 saturated carbocycles. The Kier molecular flexibility index (Phi) is 6.30. The largest absolute Gasteiger partial charge is 0.0695 e. The van der Waals surface area contributed by atoms with Gasteiger partial charge in [-0.1, -0.05) is 77.1 Å². The second-order valence-corrected chi connectivity index (χ2v) is 17.6. The third kappa shape index (κ3) is 9.01. The Morgan fingerprint density at radius 1 is 0.714 bits per heavy atom. The topological polar surface area (TPSA) is 0 Å². The molecule has 0 saturated heterocycles. The molecule has 0 radical (unpaired) electrons. The van der Waals surface area contributed by atoms with E-state index < -0.39 is 16.1 Å². The van der Waals surface area contributed by atoms with E-state index in [0.717, 1.165) is 0 Å². The summed E-state index contributed by atoms with van der Waals surface area (Å²) in [5.41, 5.74) is 0. The third-order valence-electron chi connectivity index (χ3n) is 2.99. The Morgan fingerprint density at radius 2 is 1.21 bits per heavy atom. The molecule has 0 unspecified atom stereocenters. The lowest BCUT2D eigenvalue weighted by molar-refractivity contribution is 0.856. The van der Waals surface area contributed by atoms with Gasteiger partial charge in [0.25, 0.3) is 0 Å². The van der Waals surface area contributed by atoms with Crippen LogP contribution in [-0.2, 0) is 0 Å². The highest BCUT2D eigenvalue weighted by Gasteiger charge is 2.21. The lowest BCUT2D eigenvalue weighted by Gasteiger charge is -2.24. The molecule has 0 fully saturated rings. The van der Waals surface area contributed by atoms with E-state index in [1.54, 1.807) is 12.1 Å². The predicted molar refractivity (Wildman–Crippen MR) is 74.8 cm³/mol. The molecule has 0 amide bonds. The summed E-state index contributed by atoms with van der Waals surface area (Å²) in [5, 5.41) is 0. The van der Waals surface area contributed by atoms with Gasteiger partial charge in [-0.05, 0) is 0 Å². The van der Waals surface area contributed by atoms with E-state index >= 15 is 0 Å². The standard InChI is InChI=1S/C12H30Si2/c1-7-8-11-14(5,6)12-9-10-13(2,3)4/h7-12H2,1-6H3. The first-order valence-electron chi connectivity index (χ1n) is 6.27. The van der Waals surface area contributed by atoms with Crippen molar-refractivity contribution in [2.24, 2.45) is 0 Å². The quantitative estimate of drug-likeness (QED) is 0.526. The molecule has 0 aliphatic carbocycles. The Bertz CT molecular complexity index is 145. The highest BCUT2D eigenvalue weighted by molar-refractivity contribution is 6.78. The van der Waals surface area contributed by atoms with Gasteiger partial charge in [-0.25, -0.2) is 0 Å². The van der Waals surface area contributed by atoms with Crippen LogP contribution in [0, 0.1) is 0 Å². The van der Waals surface area contributed by atoms with Gasteiger partial charge in [0.05, 0.1) is 0 Å². The lowest BCUT2D eigenvalue weighted by Crippen LogP contribution is -2.26. The van der Waals surface area contributed by atoms with E-state index in [0.29, 0.717) is 0 Å². The minimum absolute atomic E-state index is 0.766. The van der Waals surface area contributed by atoms with Gasteiger partial charge in [-0.2, -0.15) is 0 Å². The van der Waals surface area contributed by atoms with Crippen LogP contribution in [0.5, 0.6) is 0 Å². The lowest BCUT2D eigenvalue weighted by atomic mass is 10.4. The van der Waals surface area contributed by atoms with Gasteiger partial charge in [-0.3, -0.25) is 0 Å². The Balaban J connectivity index is 3.65. The molecule has 2 heteroatoms. The van der Waals surface area contributed by atoms with Crippen LogP contribution in [0.2, 0.25) is 50.9 Å². The Hall–Kier alpha value is 0.434. The SMILES string of the molecule is CCCC[Si](C)(C)CCC[Si](C)(C)C. The molecule has 14 heavy (non-hydrogen) atoms. The summed E-state index contributed by atoms with van der Waals surface area (Å²) in [6.45, 7) is 14.9. The molecule has 0 rings (SSSR count). The summed E-state index contributed by atoms with van der Waals surface area (Å²) in [6.07, 6.45) is 4.36. The Morgan fingerprint density at radius 3 is 1.64 bits per heavy atom. The molecule has 0 heterocycles. The van der Waals surface area contributed by atoms with Crippen molar-refractivity contribution in [3.63, 3.8) is 0 Å². The van der Waals surface area contributed by atoms with Crippen molar-refractivity contribution in [3.05, 3.63) is 0 Å². The summed E-state index contributed by atoms with van der Waals surface area (Å²) < 4.78 is 0. The van der Waals surface area contributed by atoms with Crippen molar-refractivity contribution < 1.29 is 0 Å². The summed E-state index contributed by atoms with van der Waals surface area (Å²) in [5.74, 6) is 0. The molecule has 0 N–H and O–H groups in total. The second kappa shape index (κ2) is 6.11. The monoisotopic (exact) mass is 230 g/mol. The van der Waals surface area contributed by atoms with Crippen LogP contribution in [0.1, 0.15) is 26.2 Å². The van der Waals surface area contributed by atoms with Crippen LogP contribution < -0.4 is 0 Å².